The Morgan fingerprint density at radius 3 is 1.69 bits per heavy atom. The summed E-state index contributed by atoms with van der Waals surface area (Å²) in [5, 5.41) is 30.4. The minimum Gasteiger partial charge on any atom is -0.480 e. The van der Waals surface area contributed by atoms with Crippen LogP contribution >= 0.6 is 0 Å². The summed E-state index contributed by atoms with van der Waals surface area (Å²) < 4.78 is 84.1. The molecule has 0 atom stereocenters. The van der Waals surface area contributed by atoms with Crippen LogP contribution in [0.2, 0.25) is 0 Å². The summed E-state index contributed by atoms with van der Waals surface area (Å²) in [6, 6.07) is -0.685. The average molecular weight is 422 g/mol. The van der Waals surface area contributed by atoms with Gasteiger partial charge in [-0.1, -0.05) is 0 Å². The van der Waals surface area contributed by atoms with E-state index in [9.17, 15) is 55.0 Å². The number of sulfone groups is 2. The number of carboxylic acids is 1. The molecule has 0 fully saturated rings. The molecule has 1 aromatic rings. The Bertz CT molecular complexity index is 978. The van der Waals surface area contributed by atoms with E-state index in [1.54, 1.807) is 0 Å². The fourth-order valence-corrected chi connectivity index (χ4v) is 3.86. The standard InChI is InChI=1S/C9H5F3N2O10S2/c10-9(11,12)26(23,24)4-1-5(13(17)18)8(6(2-4)14(19)20)25(21,22)3-7(15)16/h1-2H,3H2,(H,15,16). The molecule has 0 radical (unpaired) electrons. The van der Waals surface area contributed by atoms with Crippen LogP contribution in [-0.4, -0.2) is 49.0 Å². The van der Waals surface area contributed by atoms with E-state index in [-0.39, 0.29) is 12.1 Å². The van der Waals surface area contributed by atoms with Crippen molar-refractivity contribution in [3.8, 4) is 0 Å². The molecule has 0 heterocycles. The molecule has 1 rings (SSSR count). The number of hydrogen-bond acceptors (Lipinski definition) is 9. The predicted octanol–water partition coefficient (Wildman–Crippen LogP) is 0.655. The number of alkyl halides is 3. The lowest BCUT2D eigenvalue weighted by atomic mass is 10.3. The second-order valence-electron chi connectivity index (χ2n) is 4.41. The van der Waals surface area contributed by atoms with E-state index in [1.807, 2.05) is 0 Å². The smallest absolute Gasteiger partial charge is 0.480 e. The molecule has 0 spiro atoms. The van der Waals surface area contributed by atoms with E-state index in [1.165, 1.54) is 0 Å². The van der Waals surface area contributed by atoms with Gasteiger partial charge < -0.3 is 5.11 Å². The van der Waals surface area contributed by atoms with Crippen molar-refractivity contribution in [3.05, 3.63) is 32.4 Å². The first-order valence-corrected chi connectivity index (χ1v) is 8.88. The van der Waals surface area contributed by atoms with Crippen molar-refractivity contribution in [1.29, 1.82) is 0 Å². The van der Waals surface area contributed by atoms with Crippen LogP contribution in [0.15, 0.2) is 21.9 Å². The van der Waals surface area contributed by atoms with Crippen LogP contribution in [-0.2, 0) is 24.5 Å². The third-order valence-corrected chi connectivity index (χ3v) is 5.79. The molecule has 0 saturated carbocycles. The number of rotatable bonds is 6. The van der Waals surface area contributed by atoms with Gasteiger partial charge in [-0.2, -0.15) is 13.2 Å². The Labute approximate surface area is 141 Å². The molecular weight excluding hydrogens is 417 g/mol. The van der Waals surface area contributed by atoms with Crippen molar-refractivity contribution >= 4 is 37.0 Å². The van der Waals surface area contributed by atoms with Gasteiger partial charge in [0.25, 0.3) is 21.2 Å². The third-order valence-electron chi connectivity index (χ3n) is 2.66. The van der Waals surface area contributed by atoms with E-state index >= 15 is 0 Å². The third kappa shape index (κ3) is 3.87. The van der Waals surface area contributed by atoms with Crippen LogP contribution in [0.1, 0.15) is 0 Å². The van der Waals surface area contributed by atoms with Crippen molar-refractivity contribution < 1.29 is 49.8 Å². The molecule has 12 nitrogen and oxygen atoms in total. The highest BCUT2D eigenvalue weighted by Gasteiger charge is 2.49. The van der Waals surface area contributed by atoms with E-state index in [0.717, 1.165) is 0 Å². The van der Waals surface area contributed by atoms with Gasteiger partial charge in [-0.05, 0) is 0 Å². The number of benzene rings is 1. The van der Waals surface area contributed by atoms with Gasteiger partial charge in [0.15, 0.2) is 5.75 Å². The minimum atomic E-state index is -6.29. The Morgan fingerprint density at radius 1 is 1.04 bits per heavy atom. The molecule has 17 heteroatoms. The SMILES string of the molecule is O=C(O)CS(=O)(=O)c1c([N+](=O)[O-])cc(S(=O)(=O)C(F)(F)F)cc1[N+](=O)[O-]. The summed E-state index contributed by atoms with van der Waals surface area (Å²) in [7, 11) is -11.6. The van der Waals surface area contributed by atoms with Crippen LogP contribution in [0.5, 0.6) is 0 Å². The number of carboxylic acid groups (broad SMARTS) is 1. The van der Waals surface area contributed by atoms with Crippen LogP contribution < -0.4 is 0 Å². The highest BCUT2D eigenvalue weighted by atomic mass is 32.2. The van der Waals surface area contributed by atoms with Gasteiger partial charge in [0.05, 0.1) is 14.7 Å². The maximum atomic E-state index is 12.6. The molecule has 0 unspecified atom stereocenters. The first-order valence-electron chi connectivity index (χ1n) is 5.75. The first-order chi connectivity index (χ1) is 11.5. The van der Waals surface area contributed by atoms with Crippen molar-refractivity contribution in [2.75, 3.05) is 5.75 Å². The number of nitro benzene ring substituents is 2. The van der Waals surface area contributed by atoms with Crippen molar-refractivity contribution in [1.82, 2.24) is 0 Å². The fourth-order valence-electron chi connectivity index (χ4n) is 1.69. The Hall–Kier alpha value is -2.82. The summed E-state index contributed by atoms with van der Waals surface area (Å²) in [5.74, 6) is -3.93. The zero-order valence-electron chi connectivity index (χ0n) is 11.8. The second-order valence-corrected chi connectivity index (χ2v) is 8.27. The number of hydrogen-bond donors (Lipinski definition) is 1. The summed E-state index contributed by atoms with van der Waals surface area (Å²) in [4.78, 5) is 25.3. The molecule has 0 amide bonds. The van der Waals surface area contributed by atoms with Crippen LogP contribution in [0.3, 0.4) is 0 Å². The molecule has 0 bridgehead atoms. The Morgan fingerprint density at radius 2 is 1.42 bits per heavy atom. The van der Waals surface area contributed by atoms with E-state index < -0.39 is 67.9 Å². The van der Waals surface area contributed by atoms with Gasteiger partial charge in [0, 0.05) is 12.1 Å². The number of nitrogens with zero attached hydrogens (tertiary/aromatic N) is 2. The summed E-state index contributed by atoms with van der Waals surface area (Å²) in [6.45, 7) is 0. The maximum Gasteiger partial charge on any atom is 0.501 e. The molecule has 144 valence electrons. The lowest BCUT2D eigenvalue weighted by Crippen LogP contribution is -2.24. The molecular formula is C9H5F3N2O10S2. The molecule has 0 aliphatic carbocycles. The number of nitro groups is 2. The molecule has 0 aliphatic heterocycles. The van der Waals surface area contributed by atoms with Crippen molar-refractivity contribution in [2.24, 2.45) is 0 Å². The monoisotopic (exact) mass is 422 g/mol. The molecule has 1 aromatic carbocycles. The zero-order chi connectivity index (χ0) is 20.7. The fraction of sp³-hybridized carbons (Fsp3) is 0.222. The van der Waals surface area contributed by atoms with E-state index in [0.29, 0.717) is 0 Å². The minimum absolute atomic E-state index is 0.343. The number of halogens is 3. The number of aliphatic carboxylic acids is 1. The highest BCUT2D eigenvalue weighted by Crippen LogP contribution is 2.40. The van der Waals surface area contributed by atoms with Crippen LogP contribution in [0, 0.1) is 20.2 Å². The molecule has 0 saturated heterocycles. The lowest BCUT2D eigenvalue weighted by molar-refractivity contribution is -0.400. The maximum absolute atomic E-state index is 12.6. The quantitative estimate of drug-likeness (QED) is 0.503. The van der Waals surface area contributed by atoms with Gasteiger partial charge in [0.2, 0.25) is 14.7 Å². The highest BCUT2D eigenvalue weighted by molar-refractivity contribution is 7.92. The zero-order valence-corrected chi connectivity index (χ0v) is 13.5. The largest absolute Gasteiger partial charge is 0.501 e. The van der Waals surface area contributed by atoms with E-state index in [2.05, 4.69) is 0 Å². The lowest BCUT2D eigenvalue weighted by Gasteiger charge is -2.10. The molecule has 0 aliphatic rings. The van der Waals surface area contributed by atoms with Gasteiger partial charge in [0.1, 0.15) is 0 Å². The summed E-state index contributed by atoms with van der Waals surface area (Å²) >= 11 is 0. The van der Waals surface area contributed by atoms with Crippen molar-refractivity contribution in [2.45, 2.75) is 15.3 Å². The van der Waals surface area contributed by atoms with Crippen LogP contribution in [0.4, 0.5) is 24.5 Å². The van der Waals surface area contributed by atoms with Crippen molar-refractivity contribution in [3.63, 3.8) is 0 Å². The topological polar surface area (TPSA) is 192 Å². The Balaban J connectivity index is 4.05. The summed E-state index contributed by atoms with van der Waals surface area (Å²) in [5.41, 5.74) is -9.76. The van der Waals surface area contributed by atoms with Crippen LogP contribution in [0.25, 0.3) is 0 Å². The van der Waals surface area contributed by atoms with Gasteiger partial charge in [-0.3, -0.25) is 25.0 Å². The van der Waals surface area contributed by atoms with Gasteiger partial charge in [-0.15, -0.1) is 0 Å². The Kier molecular flexibility index (Phi) is 5.29. The molecule has 1 N–H and O–H groups in total. The normalized spacial score (nSPS) is 12.6. The molecule has 26 heavy (non-hydrogen) atoms. The number of carbonyl (C=O) groups is 1. The molecule has 0 aromatic heterocycles. The summed E-state index contributed by atoms with van der Waals surface area (Å²) in [6.07, 6.45) is 0. The van der Waals surface area contributed by atoms with Gasteiger partial charge in [-0.25, -0.2) is 16.8 Å². The first kappa shape index (κ1) is 21.2. The average Bonchev–Trinajstić information content (AvgIpc) is 2.42. The second kappa shape index (κ2) is 6.48. The predicted molar refractivity (Wildman–Crippen MR) is 72.7 cm³/mol. The van der Waals surface area contributed by atoms with Gasteiger partial charge >= 0.3 is 11.5 Å². The van der Waals surface area contributed by atoms with E-state index in [4.69, 9.17) is 5.11 Å².